The fourth-order valence-electron chi connectivity index (χ4n) is 1.82. The van der Waals surface area contributed by atoms with Gasteiger partial charge in [-0.05, 0) is 36.8 Å². The summed E-state index contributed by atoms with van der Waals surface area (Å²) in [6.07, 6.45) is 1.34. The fourth-order valence-corrected chi connectivity index (χ4v) is 2.61. The van der Waals surface area contributed by atoms with Crippen LogP contribution in [0.1, 0.15) is 12.5 Å². The first-order valence-corrected chi connectivity index (χ1v) is 8.43. The van der Waals surface area contributed by atoms with Crippen molar-refractivity contribution in [3.05, 3.63) is 64.2 Å². The van der Waals surface area contributed by atoms with E-state index in [4.69, 9.17) is 4.74 Å². The Kier molecular flexibility index (Phi) is 5.48. The molecule has 0 aliphatic heterocycles. The molecule has 0 spiro atoms. The van der Waals surface area contributed by atoms with Crippen molar-refractivity contribution < 1.29 is 18.1 Å². The Bertz CT molecular complexity index is 848. The molecule has 0 fully saturated rings. The third-order valence-corrected chi connectivity index (χ3v) is 4.15. The molecule has 0 unspecified atom stereocenters. The van der Waals surface area contributed by atoms with Gasteiger partial charge in [-0.2, -0.15) is 13.5 Å². The van der Waals surface area contributed by atoms with Crippen molar-refractivity contribution in [1.82, 2.24) is 4.83 Å². The molecule has 0 radical (unpaired) electrons. The van der Waals surface area contributed by atoms with Crippen LogP contribution < -0.4 is 9.57 Å². The second-order valence-corrected chi connectivity index (χ2v) is 6.27. The molecular formula is C15H15N3O5S. The normalized spacial score (nSPS) is 11.4. The zero-order valence-electron chi connectivity index (χ0n) is 12.7. The molecule has 0 saturated carbocycles. The number of hydrogen-bond donors (Lipinski definition) is 1. The van der Waals surface area contributed by atoms with Gasteiger partial charge in [-0.1, -0.05) is 12.1 Å². The van der Waals surface area contributed by atoms with Gasteiger partial charge in [0.05, 0.1) is 22.6 Å². The van der Waals surface area contributed by atoms with Crippen molar-refractivity contribution in [3.63, 3.8) is 0 Å². The standard InChI is InChI=1S/C15H15N3O5S/c1-2-23-14-5-3-4-12(10-14)11-16-17-24(21,22)15-8-6-13(7-9-15)18(19)20/h3-11,17H,2H2,1H3. The van der Waals surface area contributed by atoms with Crippen LogP contribution in [0.3, 0.4) is 0 Å². The Morgan fingerprint density at radius 3 is 2.58 bits per heavy atom. The molecule has 24 heavy (non-hydrogen) atoms. The minimum atomic E-state index is -3.89. The molecule has 0 aliphatic rings. The highest BCUT2D eigenvalue weighted by atomic mass is 32.2. The SMILES string of the molecule is CCOc1cccc(C=NNS(=O)(=O)c2ccc([N+](=O)[O-])cc2)c1. The van der Waals surface area contributed by atoms with E-state index in [0.29, 0.717) is 17.9 Å². The summed E-state index contributed by atoms with van der Waals surface area (Å²) in [6, 6.07) is 11.5. The fraction of sp³-hybridized carbons (Fsp3) is 0.133. The maximum absolute atomic E-state index is 12.1. The molecule has 2 aromatic rings. The smallest absolute Gasteiger partial charge is 0.276 e. The molecule has 0 atom stereocenters. The van der Waals surface area contributed by atoms with Gasteiger partial charge < -0.3 is 4.74 Å². The van der Waals surface area contributed by atoms with Gasteiger partial charge in [0.1, 0.15) is 5.75 Å². The Labute approximate surface area is 139 Å². The van der Waals surface area contributed by atoms with Gasteiger partial charge in [-0.25, -0.2) is 4.83 Å². The van der Waals surface area contributed by atoms with Crippen molar-refractivity contribution >= 4 is 21.9 Å². The highest BCUT2D eigenvalue weighted by molar-refractivity contribution is 7.89. The van der Waals surface area contributed by atoms with Gasteiger partial charge in [0.2, 0.25) is 0 Å². The number of nitro groups is 1. The number of sulfonamides is 1. The Morgan fingerprint density at radius 1 is 1.25 bits per heavy atom. The molecule has 2 rings (SSSR count). The number of rotatable bonds is 7. The van der Waals surface area contributed by atoms with Crippen LogP contribution in [0.5, 0.6) is 5.75 Å². The lowest BCUT2D eigenvalue weighted by molar-refractivity contribution is -0.384. The third-order valence-electron chi connectivity index (χ3n) is 2.91. The minimum absolute atomic E-state index is 0.117. The minimum Gasteiger partial charge on any atom is -0.494 e. The molecular weight excluding hydrogens is 334 g/mol. The lowest BCUT2D eigenvalue weighted by Gasteiger charge is -2.04. The largest absolute Gasteiger partial charge is 0.494 e. The van der Waals surface area contributed by atoms with E-state index in [9.17, 15) is 18.5 Å². The van der Waals surface area contributed by atoms with E-state index in [2.05, 4.69) is 9.93 Å². The van der Waals surface area contributed by atoms with Gasteiger partial charge >= 0.3 is 0 Å². The quantitative estimate of drug-likeness (QED) is 0.468. The lowest BCUT2D eigenvalue weighted by atomic mass is 10.2. The third kappa shape index (κ3) is 4.53. The summed E-state index contributed by atoms with van der Waals surface area (Å²) in [5, 5.41) is 14.3. The second kappa shape index (κ2) is 7.55. The van der Waals surface area contributed by atoms with Crippen molar-refractivity contribution in [2.75, 3.05) is 6.61 Å². The predicted octanol–water partition coefficient (Wildman–Crippen LogP) is 2.31. The molecule has 0 saturated heterocycles. The summed E-state index contributed by atoms with van der Waals surface area (Å²) in [5.41, 5.74) is 0.470. The molecule has 0 heterocycles. The lowest BCUT2D eigenvalue weighted by Crippen LogP contribution is -2.18. The maximum atomic E-state index is 12.1. The number of hydrogen-bond acceptors (Lipinski definition) is 6. The molecule has 8 nitrogen and oxygen atoms in total. The van der Waals surface area contributed by atoms with E-state index >= 15 is 0 Å². The van der Waals surface area contributed by atoms with Crippen LogP contribution in [0, 0.1) is 10.1 Å². The molecule has 0 bridgehead atoms. The summed E-state index contributed by atoms with van der Waals surface area (Å²) in [5.74, 6) is 0.652. The topological polar surface area (TPSA) is 111 Å². The molecule has 2 aromatic carbocycles. The van der Waals surface area contributed by atoms with E-state index in [0.717, 1.165) is 24.3 Å². The van der Waals surface area contributed by atoms with Gasteiger partial charge in [0.15, 0.2) is 0 Å². The summed E-state index contributed by atoms with van der Waals surface area (Å²) in [4.78, 5) is 11.9. The van der Waals surface area contributed by atoms with Crippen LogP contribution in [0.15, 0.2) is 58.5 Å². The first-order chi connectivity index (χ1) is 11.4. The number of nitrogens with zero attached hydrogens (tertiary/aromatic N) is 2. The van der Waals surface area contributed by atoms with Crippen LogP contribution in [0.4, 0.5) is 5.69 Å². The predicted molar refractivity (Wildman–Crippen MR) is 88.6 cm³/mol. The molecule has 0 aromatic heterocycles. The highest BCUT2D eigenvalue weighted by Crippen LogP contribution is 2.15. The van der Waals surface area contributed by atoms with E-state index in [-0.39, 0.29) is 10.6 Å². The number of ether oxygens (including phenoxy) is 1. The highest BCUT2D eigenvalue weighted by Gasteiger charge is 2.14. The maximum Gasteiger partial charge on any atom is 0.276 e. The van der Waals surface area contributed by atoms with E-state index in [1.165, 1.54) is 6.21 Å². The monoisotopic (exact) mass is 349 g/mol. The summed E-state index contributed by atoms with van der Waals surface area (Å²) in [6.45, 7) is 2.38. The average molecular weight is 349 g/mol. The van der Waals surface area contributed by atoms with Crippen molar-refractivity contribution in [2.24, 2.45) is 5.10 Å². The van der Waals surface area contributed by atoms with Crippen molar-refractivity contribution in [3.8, 4) is 5.75 Å². The zero-order valence-corrected chi connectivity index (χ0v) is 13.6. The van der Waals surface area contributed by atoms with Gasteiger partial charge in [-0.3, -0.25) is 10.1 Å². The Morgan fingerprint density at radius 2 is 1.96 bits per heavy atom. The molecule has 9 heteroatoms. The number of hydrazone groups is 1. The molecule has 0 amide bonds. The summed E-state index contributed by atoms with van der Waals surface area (Å²) in [7, 11) is -3.89. The van der Waals surface area contributed by atoms with Crippen LogP contribution >= 0.6 is 0 Å². The zero-order chi connectivity index (χ0) is 17.6. The van der Waals surface area contributed by atoms with Gasteiger partial charge in [0, 0.05) is 12.1 Å². The first-order valence-electron chi connectivity index (χ1n) is 6.94. The van der Waals surface area contributed by atoms with Crippen molar-refractivity contribution in [2.45, 2.75) is 11.8 Å². The number of non-ortho nitro benzene ring substituents is 1. The first kappa shape index (κ1) is 17.4. The van der Waals surface area contributed by atoms with Crippen LogP contribution in [-0.2, 0) is 10.0 Å². The second-order valence-electron chi connectivity index (χ2n) is 4.61. The Hall–Kier alpha value is -2.94. The van der Waals surface area contributed by atoms with Gasteiger partial charge in [-0.15, -0.1) is 0 Å². The number of nitrogens with one attached hydrogen (secondary N) is 1. The van der Waals surface area contributed by atoms with Crippen molar-refractivity contribution in [1.29, 1.82) is 0 Å². The Balaban J connectivity index is 2.09. The van der Waals surface area contributed by atoms with E-state index in [1.54, 1.807) is 24.3 Å². The molecule has 126 valence electrons. The number of benzene rings is 2. The molecule has 1 N–H and O–H groups in total. The van der Waals surface area contributed by atoms with E-state index in [1.807, 2.05) is 6.92 Å². The summed E-state index contributed by atoms with van der Waals surface area (Å²) < 4.78 is 29.4. The average Bonchev–Trinajstić information content (AvgIpc) is 2.55. The number of nitro benzene ring substituents is 1. The van der Waals surface area contributed by atoms with Crippen LogP contribution in [0.2, 0.25) is 0 Å². The van der Waals surface area contributed by atoms with Gasteiger partial charge in [0.25, 0.3) is 15.7 Å². The molecule has 0 aliphatic carbocycles. The summed E-state index contributed by atoms with van der Waals surface area (Å²) >= 11 is 0. The van der Waals surface area contributed by atoms with Crippen LogP contribution in [-0.4, -0.2) is 26.2 Å². The van der Waals surface area contributed by atoms with E-state index < -0.39 is 14.9 Å². The van der Waals surface area contributed by atoms with Crippen LogP contribution in [0.25, 0.3) is 0 Å².